The number of hydrogen-bond donors (Lipinski definition) is 1. The van der Waals surface area contributed by atoms with Crippen LogP contribution in [0.4, 0.5) is 5.69 Å². The van der Waals surface area contributed by atoms with E-state index in [1.54, 1.807) is 16.7 Å². The van der Waals surface area contributed by atoms with Crippen LogP contribution in [-0.4, -0.2) is 14.1 Å². The number of anilines is 1. The van der Waals surface area contributed by atoms with Gasteiger partial charge in [0.15, 0.2) is 0 Å². The highest BCUT2D eigenvalue weighted by atomic mass is 16.5. The maximum atomic E-state index is 12.8. The van der Waals surface area contributed by atoms with E-state index in [0.29, 0.717) is 23.9 Å². The molecule has 0 saturated carbocycles. The van der Waals surface area contributed by atoms with Crippen LogP contribution in [0.5, 0.6) is 11.6 Å². The summed E-state index contributed by atoms with van der Waals surface area (Å²) in [5.41, 5.74) is 9.92. The molecule has 0 bridgehead atoms. The molecule has 0 aliphatic rings. The molecule has 0 atom stereocenters. The van der Waals surface area contributed by atoms with E-state index in [-0.39, 0.29) is 11.1 Å². The van der Waals surface area contributed by atoms with Gasteiger partial charge < -0.3 is 10.5 Å². The van der Waals surface area contributed by atoms with Gasteiger partial charge in [-0.25, -0.2) is 9.78 Å². The minimum Gasteiger partial charge on any atom is -0.439 e. The average molecular weight is 402 g/mol. The Morgan fingerprint density at radius 2 is 1.73 bits per heavy atom. The molecule has 0 aliphatic heterocycles. The van der Waals surface area contributed by atoms with Crippen molar-refractivity contribution in [3.8, 4) is 22.9 Å². The van der Waals surface area contributed by atoms with Crippen LogP contribution in [-0.2, 0) is 13.6 Å². The van der Waals surface area contributed by atoms with Gasteiger partial charge in [0.05, 0.1) is 16.7 Å². The van der Waals surface area contributed by atoms with E-state index in [1.807, 2.05) is 60.1 Å². The van der Waals surface area contributed by atoms with Gasteiger partial charge in [0, 0.05) is 30.9 Å². The van der Waals surface area contributed by atoms with Gasteiger partial charge in [-0.15, -0.1) is 0 Å². The lowest BCUT2D eigenvalue weighted by atomic mass is 9.97. The van der Waals surface area contributed by atoms with Gasteiger partial charge in [0.2, 0.25) is 5.88 Å². The minimum atomic E-state index is -0.00883. The lowest BCUT2D eigenvalue weighted by molar-refractivity contribution is 0.342. The Kier molecular flexibility index (Phi) is 4.86. The number of imidazole rings is 1. The van der Waals surface area contributed by atoms with Crippen LogP contribution in [0.25, 0.3) is 22.3 Å². The van der Waals surface area contributed by atoms with Crippen molar-refractivity contribution in [2.45, 2.75) is 27.3 Å². The molecule has 154 valence electrons. The third-order valence-electron chi connectivity index (χ3n) is 4.90. The summed E-state index contributed by atoms with van der Waals surface area (Å²) in [5, 5.41) is 0. The number of ether oxygens (including phenoxy) is 1. The standard InChI is InChI=1S/C24H26N4O2/c1-24(2,3)15-28-20-13-8-16(14-21(20)27(4)23(28)29)19-6-5-7-22(26-19)30-18-11-9-17(25)10-12-18/h5-14H,15,25H2,1-4H3. The Labute approximate surface area is 175 Å². The Morgan fingerprint density at radius 1 is 1.00 bits per heavy atom. The zero-order valence-electron chi connectivity index (χ0n) is 17.7. The van der Waals surface area contributed by atoms with Crippen molar-refractivity contribution in [1.29, 1.82) is 0 Å². The van der Waals surface area contributed by atoms with Crippen LogP contribution < -0.4 is 16.2 Å². The number of fused-ring (bicyclic) bond motifs is 1. The topological polar surface area (TPSA) is 75.1 Å². The molecule has 0 fully saturated rings. The van der Waals surface area contributed by atoms with Crippen molar-refractivity contribution in [1.82, 2.24) is 14.1 Å². The first kappa shape index (κ1) is 19.8. The maximum Gasteiger partial charge on any atom is 0.328 e. The van der Waals surface area contributed by atoms with Gasteiger partial charge in [-0.05, 0) is 47.9 Å². The van der Waals surface area contributed by atoms with E-state index >= 15 is 0 Å². The smallest absolute Gasteiger partial charge is 0.328 e. The Hall–Kier alpha value is -3.54. The van der Waals surface area contributed by atoms with Crippen molar-refractivity contribution < 1.29 is 4.74 Å². The van der Waals surface area contributed by atoms with Crippen LogP contribution in [0.1, 0.15) is 20.8 Å². The van der Waals surface area contributed by atoms with E-state index < -0.39 is 0 Å². The van der Waals surface area contributed by atoms with E-state index in [0.717, 1.165) is 22.3 Å². The average Bonchev–Trinajstić information content (AvgIpc) is 2.93. The summed E-state index contributed by atoms with van der Waals surface area (Å²) in [6.45, 7) is 7.04. The predicted octanol–water partition coefficient (Wildman–Crippen LogP) is 4.82. The molecule has 0 amide bonds. The van der Waals surface area contributed by atoms with E-state index in [1.165, 1.54) is 0 Å². The van der Waals surface area contributed by atoms with Crippen molar-refractivity contribution in [3.05, 3.63) is 71.1 Å². The molecule has 0 radical (unpaired) electrons. The molecule has 2 aromatic carbocycles. The summed E-state index contributed by atoms with van der Waals surface area (Å²) in [7, 11) is 1.81. The fourth-order valence-electron chi connectivity index (χ4n) is 3.48. The number of aryl methyl sites for hydroxylation is 1. The highest BCUT2D eigenvalue weighted by Gasteiger charge is 2.18. The summed E-state index contributed by atoms with van der Waals surface area (Å²) >= 11 is 0. The Balaban J connectivity index is 1.71. The largest absolute Gasteiger partial charge is 0.439 e. The number of nitrogens with zero attached hydrogens (tertiary/aromatic N) is 3. The molecule has 4 aromatic rings. The SMILES string of the molecule is Cn1c(=O)n(CC(C)(C)C)c2ccc(-c3cccc(Oc4ccc(N)cc4)n3)cc21. The molecule has 2 aromatic heterocycles. The van der Waals surface area contributed by atoms with Gasteiger partial charge in [-0.3, -0.25) is 9.13 Å². The summed E-state index contributed by atoms with van der Waals surface area (Å²) in [5.74, 6) is 1.17. The van der Waals surface area contributed by atoms with Gasteiger partial charge in [-0.1, -0.05) is 32.9 Å². The highest BCUT2D eigenvalue weighted by Crippen LogP contribution is 2.27. The molecule has 6 heteroatoms. The summed E-state index contributed by atoms with van der Waals surface area (Å²) in [6, 6.07) is 18.8. The number of aromatic nitrogens is 3. The lowest BCUT2D eigenvalue weighted by Gasteiger charge is -2.18. The zero-order chi connectivity index (χ0) is 21.5. The van der Waals surface area contributed by atoms with Gasteiger partial charge in [0.25, 0.3) is 0 Å². The van der Waals surface area contributed by atoms with Crippen LogP contribution >= 0.6 is 0 Å². The second-order valence-corrected chi connectivity index (χ2v) is 8.72. The fourth-order valence-corrected chi connectivity index (χ4v) is 3.48. The van der Waals surface area contributed by atoms with Crippen LogP contribution in [0.3, 0.4) is 0 Å². The molecule has 0 spiro atoms. The van der Waals surface area contributed by atoms with Gasteiger partial charge in [-0.2, -0.15) is 0 Å². The first-order chi connectivity index (χ1) is 14.2. The highest BCUT2D eigenvalue weighted by molar-refractivity contribution is 5.82. The number of rotatable bonds is 4. The monoisotopic (exact) mass is 402 g/mol. The van der Waals surface area contributed by atoms with Crippen LogP contribution in [0.15, 0.2) is 65.5 Å². The predicted molar refractivity (Wildman–Crippen MR) is 121 cm³/mol. The van der Waals surface area contributed by atoms with Gasteiger partial charge >= 0.3 is 5.69 Å². The number of nitrogen functional groups attached to an aromatic ring is 1. The molecule has 0 saturated heterocycles. The number of nitrogens with two attached hydrogens (primary N) is 1. The molecule has 6 nitrogen and oxygen atoms in total. The molecule has 2 N–H and O–H groups in total. The van der Waals surface area contributed by atoms with Crippen molar-refractivity contribution in [3.63, 3.8) is 0 Å². The van der Waals surface area contributed by atoms with Crippen LogP contribution in [0.2, 0.25) is 0 Å². The molecule has 0 unspecified atom stereocenters. The van der Waals surface area contributed by atoms with Crippen molar-refractivity contribution in [2.24, 2.45) is 12.5 Å². The molecular weight excluding hydrogens is 376 g/mol. The van der Waals surface area contributed by atoms with Crippen molar-refractivity contribution in [2.75, 3.05) is 5.73 Å². The summed E-state index contributed by atoms with van der Waals surface area (Å²) < 4.78 is 9.39. The number of hydrogen-bond acceptors (Lipinski definition) is 4. The number of benzene rings is 2. The number of pyridine rings is 1. The zero-order valence-corrected chi connectivity index (χ0v) is 17.7. The third kappa shape index (κ3) is 3.94. The summed E-state index contributed by atoms with van der Waals surface area (Å²) in [4.78, 5) is 17.4. The molecule has 30 heavy (non-hydrogen) atoms. The summed E-state index contributed by atoms with van der Waals surface area (Å²) in [6.07, 6.45) is 0. The van der Waals surface area contributed by atoms with E-state index in [4.69, 9.17) is 10.5 Å². The Bertz CT molecular complexity index is 1260. The third-order valence-corrected chi connectivity index (χ3v) is 4.90. The maximum absolute atomic E-state index is 12.8. The normalized spacial score (nSPS) is 11.7. The molecule has 2 heterocycles. The minimum absolute atomic E-state index is 0.00606. The second-order valence-electron chi connectivity index (χ2n) is 8.72. The molecule has 4 rings (SSSR count). The van der Waals surface area contributed by atoms with Crippen LogP contribution in [0, 0.1) is 5.41 Å². The van der Waals surface area contributed by atoms with Gasteiger partial charge in [0.1, 0.15) is 5.75 Å². The molecule has 0 aliphatic carbocycles. The lowest BCUT2D eigenvalue weighted by Crippen LogP contribution is -2.27. The quantitative estimate of drug-likeness (QED) is 0.497. The van der Waals surface area contributed by atoms with E-state index in [2.05, 4.69) is 25.8 Å². The second kappa shape index (κ2) is 7.37. The van der Waals surface area contributed by atoms with Crippen molar-refractivity contribution >= 4 is 16.7 Å². The first-order valence-electron chi connectivity index (χ1n) is 9.91. The first-order valence-corrected chi connectivity index (χ1v) is 9.91. The molecular formula is C24H26N4O2. The fraction of sp³-hybridized carbons (Fsp3) is 0.250. The Morgan fingerprint density at radius 3 is 2.43 bits per heavy atom. The van der Waals surface area contributed by atoms with E-state index in [9.17, 15) is 4.79 Å².